The molecule has 0 amide bonds. The number of nitrogens with one attached hydrogen (secondary N) is 1. The zero-order chi connectivity index (χ0) is 13.9. The van der Waals surface area contributed by atoms with Crippen molar-refractivity contribution in [2.75, 3.05) is 11.9 Å². The summed E-state index contributed by atoms with van der Waals surface area (Å²) < 4.78 is 1.97. The van der Waals surface area contributed by atoms with E-state index in [1.165, 1.54) is 0 Å². The van der Waals surface area contributed by atoms with Gasteiger partial charge in [0.25, 0.3) is 0 Å². The van der Waals surface area contributed by atoms with E-state index in [1.807, 2.05) is 48.0 Å². The fourth-order valence-electron chi connectivity index (χ4n) is 2.16. The molecule has 5 heteroatoms. The average Bonchev–Trinajstić information content (AvgIpc) is 2.88. The fraction of sp³-hybridized carbons (Fsp3) is 0.200. The molecule has 0 radical (unpaired) electrons. The predicted octanol–water partition coefficient (Wildman–Crippen LogP) is 3.36. The molecule has 0 aliphatic heterocycles. The van der Waals surface area contributed by atoms with Gasteiger partial charge in [-0.25, -0.2) is 9.97 Å². The first-order chi connectivity index (χ1) is 9.75. The second-order valence-corrected chi connectivity index (χ2v) is 5.17. The number of anilines is 1. The highest BCUT2D eigenvalue weighted by Crippen LogP contribution is 2.23. The van der Waals surface area contributed by atoms with E-state index >= 15 is 0 Å². The minimum atomic E-state index is -0.100. The first-order valence-electron chi connectivity index (χ1n) is 6.44. The van der Waals surface area contributed by atoms with Crippen LogP contribution in [0, 0.1) is 0 Å². The maximum absolute atomic E-state index is 6.40. The third kappa shape index (κ3) is 2.47. The molecule has 0 saturated carbocycles. The molecular weight excluding hydrogens is 272 g/mol. The lowest BCUT2D eigenvalue weighted by atomic mass is 10.1. The van der Waals surface area contributed by atoms with Gasteiger partial charge >= 0.3 is 0 Å². The Bertz CT molecular complexity index is 708. The van der Waals surface area contributed by atoms with Gasteiger partial charge in [0.1, 0.15) is 5.52 Å². The lowest BCUT2D eigenvalue weighted by Gasteiger charge is -2.12. The van der Waals surface area contributed by atoms with Crippen molar-refractivity contribution >= 4 is 28.5 Å². The molecule has 0 spiro atoms. The van der Waals surface area contributed by atoms with Gasteiger partial charge in [0.2, 0.25) is 0 Å². The summed E-state index contributed by atoms with van der Waals surface area (Å²) in [6.45, 7) is 0.605. The van der Waals surface area contributed by atoms with Crippen molar-refractivity contribution in [1.82, 2.24) is 14.5 Å². The highest BCUT2D eigenvalue weighted by molar-refractivity contribution is 6.21. The van der Waals surface area contributed by atoms with Crippen molar-refractivity contribution < 1.29 is 0 Å². The van der Waals surface area contributed by atoms with Crippen LogP contribution in [0.5, 0.6) is 0 Å². The normalized spacial score (nSPS) is 12.5. The topological polar surface area (TPSA) is 42.7 Å². The summed E-state index contributed by atoms with van der Waals surface area (Å²) >= 11 is 6.40. The van der Waals surface area contributed by atoms with Gasteiger partial charge in [-0.3, -0.25) is 0 Å². The number of hydrogen-bond donors (Lipinski definition) is 1. The van der Waals surface area contributed by atoms with E-state index < -0.39 is 0 Å². The number of benzene rings is 1. The number of hydrogen-bond acceptors (Lipinski definition) is 3. The molecule has 0 saturated heterocycles. The molecule has 0 bridgehead atoms. The van der Waals surface area contributed by atoms with Crippen LogP contribution < -0.4 is 5.32 Å². The summed E-state index contributed by atoms with van der Waals surface area (Å²) in [7, 11) is 1.97. The highest BCUT2D eigenvalue weighted by Gasteiger charge is 2.10. The molecular formula is C15H15ClN4. The van der Waals surface area contributed by atoms with Crippen molar-refractivity contribution in [3.63, 3.8) is 0 Å². The van der Waals surface area contributed by atoms with Gasteiger partial charge in [0, 0.05) is 19.8 Å². The SMILES string of the molecule is Cn1cnc2c(NCC(Cl)c3ccccc3)nccc21. The third-order valence-corrected chi connectivity index (χ3v) is 3.66. The van der Waals surface area contributed by atoms with Crippen LogP contribution in [0.25, 0.3) is 11.0 Å². The first-order valence-corrected chi connectivity index (χ1v) is 6.88. The van der Waals surface area contributed by atoms with E-state index in [0.29, 0.717) is 6.54 Å². The monoisotopic (exact) mass is 286 g/mol. The molecule has 3 aromatic rings. The van der Waals surface area contributed by atoms with Crippen LogP contribution in [-0.4, -0.2) is 21.1 Å². The van der Waals surface area contributed by atoms with Crippen LogP contribution in [-0.2, 0) is 7.05 Å². The number of halogens is 1. The summed E-state index contributed by atoms with van der Waals surface area (Å²) in [5.74, 6) is 0.768. The van der Waals surface area contributed by atoms with Gasteiger partial charge in [-0.15, -0.1) is 11.6 Å². The van der Waals surface area contributed by atoms with E-state index in [2.05, 4.69) is 15.3 Å². The van der Waals surface area contributed by atoms with Crippen molar-refractivity contribution in [3.05, 3.63) is 54.5 Å². The largest absolute Gasteiger partial charge is 0.366 e. The number of imidazole rings is 1. The fourth-order valence-corrected chi connectivity index (χ4v) is 2.38. The van der Waals surface area contributed by atoms with E-state index in [1.54, 1.807) is 12.5 Å². The molecule has 102 valence electrons. The van der Waals surface area contributed by atoms with Crippen molar-refractivity contribution in [1.29, 1.82) is 0 Å². The average molecular weight is 287 g/mol. The number of fused-ring (bicyclic) bond motifs is 1. The second kappa shape index (κ2) is 5.51. The molecule has 3 rings (SSSR count). The Kier molecular flexibility index (Phi) is 3.56. The molecule has 1 atom stereocenters. The Hall–Kier alpha value is -2.07. The first kappa shape index (κ1) is 12.9. The number of alkyl halides is 1. The van der Waals surface area contributed by atoms with Crippen molar-refractivity contribution in [2.24, 2.45) is 7.05 Å². The lowest BCUT2D eigenvalue weighted by molar-refractivity contribution is 0.947. The number of pyridine rings is 1. The highest BCUT2D eigenvalue weighted by atomic mass is 35.5. The zero-order valence-electron chi connectivity index (χ0n) is 11.1. The quantitative estimate of drug-likeness (QED) is 0.748. The lowest BCUT2D eigenvalue weighted by Crippen LogP contribution is -2.09. The van der Waals surface area contributed by atoms with Gasteiger partial charge in [-0.1, -0.05) is 30.3 Å². The number of rotatable bonds is 4. The summed E-state index contributed by atoms with van der Waals surface area (Å²) in [6, 6.07) is 12.0. The Morgan fingerprint density at radius 3 is 2.80 bits per heavy atom. The molecule has 4 nitrogen and oxygen atoms in total. The molecule has 0 fully saturated rings. The standard InChI is InChI=1S/C15H15ClN4/c1-20-10-19-14-13(20)7-8-17-15(14)18-9-12(16)11-5-3-2-4-6-11/h2-8,10,12H,9H2,1H3,(H,17,18). The van der Waals surface area contributed by atoms with Gasteiger partial charge < -0.3 is 9.88 Å². The van der Waals surface area contributed by atoms with Crippen LogP contribution in [0.1, 0.15) is 10.9 Å². The Balaban J connectivity index is 1.77. The molecule has 0 aliphatic rings. The Morgan fingerprint density at radius 1 is 1.20 bits per heavy atom. The molecule has 1 aromatic carbocycles. The van der Waals surface area contributed by atoms with E-state index in [9.17, 15) is 0 Å². The zero-order valence-corrected chi connectivity index (χ0v) is 11.9. The molecule has 1 N–H and O–H groups in total. The molecule has 1 unspecified atom stereocenters. The van der Waals surface area contributed by atoms with Crippen molar-refractivity contribution in [2.45, 2.75) is 5.38 Å². The van der Waals surface area contributed by atoms with Crippen molar-refractivity contribution in [3.8, 4) is 0 Å². The van der Waals surface area contributed by atoms with Crippen LogP contribution in [0.3, 0.4) is 0 Å². The smallest absolute Gasteiger partial charge is 0.154 e. The molecule has 0 aliphatic carbocycles. The van der Waals surface area contributed by atoms with E-state index in [4.69, 9.17) is 11.6 Å². The van der Waals surface area contributed by atoms with Crippen LogP contribution in [0.15, 0.2) is 48.9 Å². The van der Waals surface area contributed by atoms with E-state index in [-0.39, 0.29) is 5.38 Å². The molecule has 2 aromatic heterocycles. The Labute approximate surface area is 122 Å². The maximum Gasteiger partial charge on any atom is 0.154 e. The summed E-state index contributed by atoms with van der Waals surface area (Å²) in [5.41, 5.74) is 3.01. The maximum atomic E-state index is 6.40. The van der Waals surface area contributed by atoms with Gasteiger partial charge in [-0.05, 0) is 11.6 Å². The molecule has 20 heavy (non-hydrogen) atoms. The van der Waals surface area contributed by atoms with Crippen LogP contribution in [0.2, 0.25) is 0 Å². The predicted molar refractivity (Wildman–Crippen MR) is 82.0 cm³/mol. The minimum absolute atomic E-state index is 0.100. The number of nitrogens with zero attached hydrogens (tertiary/aromatic N) is 3. The van der Waals surface area contributed by atoms with Gasteiger partial charge in [-0.2, -0.15) is 0 Å². The summed E-state index contributed by atoms with van der Waals surface area (Å²) in [5, 5.41) is 3.18. The Morgan fingerprint density at radius 2 is 2.00 bits per heavy atom. The number of aromatic nitrogens is 3. The molecule has 2 heterocycles. The third-order valence-electron chi connectivity index (χ3n) is 3.25. The van der Waals surface area contributed by atoms with Gasteiger partial charge in [0.05, 0.1) is 17.2 Å². The second-order valence-electron chi connectivity index (χ2n) is 4.64. The van der Waals surface area contributed by atoms with E-state index in [0.717, 1.165) is 22.4 Å². The number of aryl methyl sites for hydroxylation is 1. The van der Waals surface area contributed by atoms with Gasteiger partial charge in [0.15, 0.2) is 5.82 Å². The minimum Gasteiger partial charge on any atom is -0.366 e. The summed E-state index contributed by atoms with van der Waals surface area (Å²) in [6.07, 6.45) is 3.56. The summed E-state index contributed by atoms with van der Waals surface area (Å²) in [4.78, 5) is 8.70. The van der Waals surface area contributed by atoms with Crippen LogP contribution >= 0.6 is 11.6 Å². The van der Waals surface area contributed by atoms with Crippen LogP contribution in [0.4, 0.5) is 5.82 Å².